The number of esters is 4. The number of carbonyl (C=O) groups is 4. The van der Waals surface area contributed by atoms with Crippen molar-refractivity contribution >= 4 is 39.5 Å². The van der Waals surface area contributed by atoms with Gasteiger partial charge in [0.05, 0.1) is 26.4 Å². The summed E-state index contributed by atoms with van der Waals surface area (Å²) in [6, 6.07) is 0. The van der Waals surface area contributed by atoms with Gasteiger partial charge in [0, 0.05) is 25.7 Å². The van der Waals surface area contributed by atoms with Gasteiger partial charge in [-0.2, -0.15) is 0 Å². The van der Waals surface area contributed by atoms with E-state index >= 15 is 0 Å². The average molecular weight is 1410 g/mol. The normalized spacial score (nSPS) is 13.9. The number of rotatable bonds is 77. The molecule has 0 radical (unpaired) electrons. The Morgan fingerprint density at radius 1 is 0.281 bits per heavy atom. The van der Waals surface area contributed by atoms with E-state index in [9.17, 15) is 43.2 Å². The van der Waals surface area contributed by atoms with E-state index < -0.39 is 97.5 Å². The summed E-state index contributed by atoms with van der Waals surface area (Å²) in [6.45, 7) is 7.20. The molecule has 0 bridgehead atoms. The van der Waals surface area contributed by atoms with Gasteiger partial charge in [0.25, 0.3) is 0 Å². The fraction of sp³-hybridized carbons (Fsp3) is 0.948. The molecule has 0 aromatic carbocycles. The number of phosphoric acid groups is 2. The van der Waals surface area contributed by atoms with Crippen molar-refractivity contribution < 1.29 is 80.2 Å². The van der Waals surface area contributed by atoms with E-state index in [0.717, 1.165) is 96.3 Å². The van der Waals surface area contributed by atoms with Crippen LogP contribution in [-0.4, -0.2) is 96.7 Å². The van der Waals surface area contributed by atoms with Gasteiger partial charge in [0.2, 0.25) is 0 Å². The Bertz CT molecular complexity index is 1840. The molecule has 0 aliphatic rings. The molecule has 0 spiro atoms. The van der Waals surface area contributed by atoms with Crippen LogP contribution in [-0.2, 0) is 65.4 Å². The van der Waals surface area contributed by atoms with E-state index in [2.05, 4.69) is 34.6 Å². The summed E-state index contributed by atoms with van der Waals surface area (Å²) >= 11 is 0. The summed E-state index contributed by atoms with van der Waals surface area (Å²) in [5.74, 6) is -1.44. The standard InChI is InChI=1S/C77H150O17P2/c1-6-9-12-15-18-21-24-26-28-30-31-32-33-34-36-38-40-43-46-53-58-63-77(82)93-72(66-87-74(79)60-55-50-44-42-39-37-35-29-27-25-22-19-16-13-10-7-2)68-91-95(83,84)89-64-71(78)65-90-96(85,86)92-69-73(67-88-75(80)61-56-51-48-47-49-54-59-70(4)5)94-76(81)62-57-52-45-41-23-20-17-14-11-8-3/h70-73,78H,6-69H2,1-5H3,(H,83,84)(H,85,86)/t71-,72-,73-/m1/s1. The summed E-state index contributed by atoms with van der Waals surface area (Å²) in [5, 5.41) is 10.6. The van der Waals surface area contributed by atoms with Crippen LogP contribution in [0.1, 0.15) is 407 Å². The summed E-state index contributed by atoms with van der Waals surface area (Å²) in [5.41, 5.74) is 0. The average Bonchev–Trinajstić information content (AvgIpc) is 1.12. The van der Waals surface area contributed by atoms with E-state index in [-0.39, 0.29) is 25.7 Å². The summed E-state index contributed by atoms with van der Waals surface area (Å²) < 4.78 is 68.5. The summed E-state index contributed by atoms with van der Waals surface area (Å²) in [6.07, 6.45) is 60.0. The Labute approximate surface area is 588 Å². The van der Waals surface area contributed by atoms with Crippen LogP contribution in [0.2, 0.25) is 0 Å². The minimum Gasteiger partial charge on any atom is -0.462 e. The van der Waals surface area contributed by atoms with Gasteiger partial charge in [-0.25, -0.2) is 9.13 Å². The minimum atomic E-state index is -4.96. The van der Waals surface area contributed by atoms with Crippen LogP contribution < -0.4 is 0 Å². The van der Waals surface area contributed by atoms with Crippen LogP contribution in [0.25, 0.3) is 0 Å². The Hall–Kier alpha value is -1.94. The Morgan fingerprint density at radius 3 is 0.708 bits per heavy atom. The second kappa shape index (κ2) is 70.1. The van der Waals surface area contributed by atoms with Crippen molar-refractivity contribution in [1.29, 1.82) is 0 Å². The predicted molar refractivity (Wildman–Crippen MR) is 391 cm³/mol. The van der Waals surface area contributed by atoms with Gasteiger partial charge in [-0.1, -0.05) is 356 Å². The third kappa shape index (κ3) is 70.5. The molecular weight excluding hydrogens is 1260 g/mol. The molecule has 0 aliphatic carbocycles. The van der Waals surface area contributed by atoms with Gasteiger partial charge >= 0.3 is 39.5 Å². The highest BCUT2D eigenvalue weighted by atomic mass is 31.2. The fourth-order valence-corrected chi connectivity index (χ4v) is 13.5. The molecular formula is C77H150O17P2. The van der Waals surface area contributed by atoms with Gasteiger partial charge < -0.3 is 33.8 Å². The second-order valence-electron chi connectivity index (χ2n) is 28.2. The lowest BCUT2D eigenvalue weighted by atomic mass is 10.0. The Kier molecular flexibility index (Phi) is 68.7. The molecule has 0 aromatic heterocycles. The van der Waals surface area contributed by atoms with Crippen LogP contribution in [0.3, 0.4) is 0 Å². The molecule has 0 aromatic rings. The highest BCUT2D eigenvalue weighted by Gasteiger charge is 2.30. The van der Waals surface area contributed by atoms with Crippen molar-refractivity contribution in [3.8, 4) is 0 Å². The molecule has 19 heteroatoms. The van der Waals surface area contributed by atoms with Crippen molar-refractivity contribution in [1.82, 2.24) is 0 Å². The van der Waals surface area contributed by atoms with E-state index in [4.69, 9.17) is 37.0 Å². The lowest BCUT2D eigenvalue weighted by molar-refractivity contribution is -0.161. The third-order valence-electron chi connectivity index (χ3n) is 18.0. The van der Waals surface area contributed by atoms with Crippen LogP contribution in [0.15, 0.2) is 0 Å². The first-order valence-corrected chi connectivity index (χ1v) is 43.1. The topological polar surface area (TPSA) is 237 Å². The van der Waals surface area contributed by atoms with Crippen LogP contribution in [0.4, 0.5) is 0 Å². The molecule has 3 N–H and O–H groups in total. The van der Waals surface area contributed by atoms with Crippen molar-refractivity contribution in [3.05, 3.63) is 0 Å². The first-order valence-electron chi connectivity index (χ1n) is 40.1. The number of unbranched alkanes of at least 4 members (excludes halogenated alkanes) is 49. The maximum Gasteiger partial charge on any atom is 0.472 e. The molecule has 0 heterocycles. The minimum absolute atomic E-state index is 0.106. The SMILES string of the molecule is CCCCCCCCCCCCCCCCCCCCCCCC(=O)O[C@H](COC(=O)CCCCCCCCCCCCCCCCCC)COP(=O)(O)OC[C@@H](O)COP(=O)(O)OC[C@@H](COC(=O)CCCCCCCCC(C)C)OC(=O)CCCCCCCCCCCC. The van der Waals surface area contributed by atoms with Crippen molar-refractivity contribution in [2.45, 2.75) is 425 Å². The van der Waals surface area contributed by atoms with Crippen LogP contribution in [0, 0.1) is 5.92 Å². The molecule has 2 unspecified atom stereocenters. The highest BCUT2D eigenvalue weighted by molar-refractivity contribution is 7.47. The number of carbonyl (C=O) groups excluding carboxylic acids is 4. The quantitative estimate of drug-likeness (QED) is 0.0222. The smallest absolute Gasteiger partial charge is 0.462 e. The zero-order chi connectivity index (χ0) is 70.5. The first kappa shape index (κ1) is 94.1. The number of phosphoric ester groups is 2. The lowest BCUT2D eigenvalue weighted by Gasteiger charge is -2.21. The molecule has 96 heavy (non-hydrogen) atoms. The van der Waals surface area contributed by atoms with E-state index in [1.807, 2.05) is 0 Å². The fourth-order valence-electron chi connectivity index (χ4n) is 11.9. The van der Waals surface area contributed by atoms with E-state index in [0.29, 0.717) is 31.6 Å². The largest absolute Gasteiger partial charge is 0.472 e. The molecule has 0 fully saturated rings. The Morgan fingerprint density at radius 2 is 0.479 bits per heavy atom. The Balaban J connectivity index is 5.18. The zero-order valence-corrected chi connectivity index (χ0v) is 64.3. The zero-order valence-electron chi connectivity index (χ0n) is 62.5. The summed E-state index contributed by atoms with van der Waals surface area (Å²) in [7, 11) is -9.91. The lowest BCUT2D eigenvalue weighted by Crippen LogP contribution is -2.30. The van der Waals surface area contributed by atoms with Crippen LogP contribution >= 0.6 is 15.6 Å². The number of aliphatic hydroxyl groups excluding tert-OH is 1. The van der Waals surface area contributed by atoms with Gasteiger partial charge in [-0.05, 0) is 31.6 Å². The second-order valence-corrected chi connectivity index (χ2v) is 31.1. The van der Waals surface area contributed by atoms with E-state index in [1.54, 1.807) is 0 Å². The van der Waals surface area contributed by atoms with Gasteiger partial charge in [-0.15, -0.1) is 0 Å². The van der Waals surface area contributed by atoms with Gasteiger partial charge in [0.1, 0.15) is 19.3 Å². The molecule has 0 rings (SSSR count). The molecule has 0 amide bonds. The first-order chi connectivity index (χ1) is 46.5. The highest BCUT2D eigenvalue weighted by Crippen LogP contribution is 2.45. The number of ether oxygens (including phenoxy) is 4. The number of hydrogen-bond acceptors (Lipinski definition) is 15. The van der Waals surface area contributed by atoms with E-state index in [1.165, 1.54) is 225 Å². The maximum absolute atomic E-state index is 13.1. The van der Waals surface area contributed by atoms with Crippen molar-refractivity contribution in [3.63, 3.8) is 0 Å². The van der Waals surface area contributed by atoms with Crippen molar-refractivity contribution in [2.75, 3.05) is 39.6 Å². The molecule has 0 saturated carbocycles. The predicted octanol–water partition coefficient (Wildman–Crippen LogP) is 22.9. The summed E-state index contributed by atoms with van der Waals surface area (Å²) in [4.78, 5) is 72.7. The number of aliphatic hydroxyl groups is 1. The monoisotopic (exact) mass is 1410 g/mol. The molecule has 0 aliphatic heterocycles. The van der Waals surface area contributed by atoms with Crippen molar-refractivity contribution in [2.24, 2.45) is 5.92 Å². The molecule has 570 valence electrons. The molecule has 5 atom stereocenters. The van der Waals surface area contributed by atoms with Gasteiger partial charge in [0.15, 0.2) is 12.2 Å². The molecule has 0 saturated heterocycles. The van der Waals surface area contributed by atoms with Crippen LogP contribution in [0.5, 0.6) is 0 Å². The third-order valence-corrected chi connectivity index (χ3v) is 19.9. The number of hydrogen-bond donors (Lipinski definition) is 3. The maximum atomic E-state index is 13.1. The van der Waals surface area contributed by atoms with Gasteiger partial charge in [-0.3, -0.25) is 37.3 Å². The molecule has 17 nitrogen and oxygen atoms in total.